The van der Waals surface area contributed by atoms with E-state index in [9.17, 15) is 4.39 Å². The highest BCUT2D eigenvalue weighted by molar-refractivity contribution is 7.11. The Morgan fingerprint density at radius 2 is 2.03 bits per heavy atom. The van der Waals surface area contributed by atoms with E-state index < -0.39 is 5.82 Å². The molecule has 5 N–H and O–H groups in total. The molecule has 160 valence electrons. The van der Waals surface area contributed by atoms with Crippen LogP contribution in [0.25, 0.3) is 11.0 Å². The monoisotopic (exact) mass is 440 g/mol. The van der Waals surface area contributed by atoms with E-state index in [1.165, 1.54) is 11.3 Å². The number of pyridine rings is 2. The number of fused-ring (bicyclic) bond motifs is 1. The van der Waals surface area contributed by atoms with Crippen molar-refractivity contribution in [2.24, 2.45) is 5.92 Å². The summed E-state index contributed by atoms with van der Waals surface area (Å²) in [7, 11) is 0. The molecule has 0 aromatic carbocycles. The summed E-state index contributed by atoms with van der Waals surface area (Å²) in [5, 5.41) is 9.42. The third-order valence-electron chi connectivity index (χ3n) is 5.01. The molecule has 0 aliphatic heterocycles. The Kier molecular flexibility index (Phi) is 5.70. The quantitative estimate of drug-likeness (QED) is 0.461. The molecule has 0 spiro atoms. The molecule has 2 atom stereocenters. The van der Waals surface area contributed by atoms with Crippen LogP contribution in [0.3, 0.4) is 0 Å². The van der Waals surface area contributed by atoms with Crippen LogP contribution < -0.4 is 16.6 Å². The molecule has 1 aliphatic carbocycles. The van der Waals surface area contributed by atoms with E-state index in [1.807, 2.05) is 31.2 Å². The van der Waals surface area contributed by atoms with Crippen LogP contribution in [0.4, 0.5) is 10.3 Å². The fraction of sp³-hybridized carbons (Fsp3) is 0.300. The molecule has 1 fully saturated rings. The summed E-state index contributed by atoms with van der Waals surface area (Å²) in [5.74, 6) is -0.236. The number of aryl methyl sites for hydroxylation is 1. The molecular formula is C20H21FN8OS. The van der Waals surface area contributed by atoms with Gasteiger partial charge in [-0.1, -0.05) is 0 Å². The summed E-state index contributed by atoms with van der Waals surface area (Å²) in [4.78, 5) is 16.9. The minimum Gasteiger partial charge on any atom is -0.475 e. The molecule has 11 heteroatoms. The van der Waals surface area contributed by atoms with E-state index >= 15 is 0 Å². The molecular weight excluding hydrogens is 419 g/mol. The third-order valence-corrected chi connectivity index (χ3v) is 5.85. The van der Waals surface area contributed by atoms with Gasteiger partial charge in [-0.3, -0.25) is 9.97 Å². The molecule has 1 aliphatic rings. The standard InChI is InChI=1S/C20H18FN7OS.H3N/c1-10-27-28-17(30-10)8-16-18(21)19(26-20(22)25-16)29-9-11-7-12(11)13-4-5-14-15(24-13)3-2-6-23-14;/h2-6,11-12H,7-9H2,1H3,(H2,22,25,26);1H3. The average molecular weight is 441 g/mol. The number of anilines is 1. The fourth-order valence-electron chi connectivity index (χ4n) is 3.41. The van der Waals surface area contributed by atoms with Crippen molar-refractivity contribution in [2.75, 3.05) is 12.3 Å². The Labute approximate surface area is 181 Å². The molecule has 0 radical (unpaired) electrons. The predicted molar refractivity (Wildman–Crippen MR) is 115 cm³/mol. The van der Waals surface area contributed by atoms with Crippen LogP contribution in [-0.4, -0.2) is 36.7 Å². The van der Waals surface area contributed by atoms with Gasteiger partial charge in [0.25, 0.3) is 5.88 Å². The lowest BCUT2D eigenvalue weighted by Gasteiger charge is -2.09. The van der Waals surface area contributed by atoms with E-state index in [2.05, 4.69) is 30.1 Å². The van der Waals surface area contributed by atoms with Crippen LogP contribution in [0.1, 0.15) is 33.7 Å². The first-order chi connectivity index (χ1) is 14.6. The first-order valence-corrected chi connectivity index (χ1v) is 10.3. The lowest BCUT2D eigenvalue weighted by atomic mass is 10.2. The Morgan fingerprint density at radius 3 is 2.84 bits per heavy atom. The number of hydrogen-bond donors (Lipinski definition) is 2. The van der Waals surface area contributed by atoms with Gasteiger partial charge >= 0.3 is 0 Å². The topological polar surface area (TPSA) is 148 Å². The second kappa shape index (κ2) is 8.44. The zero-order valence-electron chi connectivity index (χ0n) is 16.8. The molecule has 5 rings (SSSR count). The maximum Gasteiger partial charge on any atom is 0.255 e. The lowest BCUT2D eigenvalue weighted by Crippen LogP contribution is -2.10. The Morgan fingerprint density at radius 1 is 1.16 bits per heavy atom. The second-order valence-electron chi connectivity index (χ2n) is 7.23. The predicted octanol–water partition coefficient (Wildman–Crippen LogP) is 3.24. The average Bonchev–Trinajstić information content (AvgIpc) is 3.41. The van der Waals surface area contributed by atoms with Crippen LogP contribution in [-0.2, 0) is 6.42 Å². The Balaban J connectivity index is 0.00000231. The van der Waals surface area contributed by atoms with E-state index in [4.69, 9.17) is 10.5 Å². The fourth-order valence-corrected chi connectivity index (χ4v) is 4.13. The number of rotatable bonds is 6. The number of nitrogens with zero attached hydrogens (tertiary/aromatic N) is 6. The molecule has 1 saturated carbocycles. The van der Waals surface area contributed by atoms with Gasteiger partial charge in [-0.2, -0.15) is 9.37 Å². The Bertz CT molecular complexity index is 1230. The summed E-state index contributed by atoms with van der Waals surface area (Å²) < 4.78 is 20.5. The van der Waals surface area contributed by atoms with Gasteiger partial charge in [0.15, 0.2) is 0 Å². The lowest BCUT2D eigenvalue weighted by molar-refractivity contribution is 0.269. The van der Waals surface area contributed by atoms with Gasteiger partial charge < -0.3 is 16.6 Å². The van der Waals surface area contributed by atoms with Gasteiger partial charge in [0.1, 0.15) is 10.0 Å². The first kappa shape index (κ1) is 20.9. The first-order valence-electron chi connectivity index (χ1n) is 9.52. The molecule has 4 aromatic rings. The van der Waals surface area contributed by atoms with E-state index in [0.717, 1.165) is 28.2 Å². The molecule has 4 aromatic heterocycles. The van der Waals surface area contributed by atoms with Crippen LogP contribution in [0.2, 0.25) is 0 Å². The van der Waals surface area contributed by atoms with Gasteiger partial charge in [0.05, 0.1) is 23.3 Å². The van der Waals surface area contributed by atoms with Gasteiger partial charge in [-0.05, 0) is 37.6 Å². The zero-order valence-corrected chi connectivity index (χ0v) is 17.6. The van der Waals surface area contributed by atoms with Crippen molar-refractivity contribution in [1.82, 2.24) is 36.3 Å². The van der Waals surface area contributed by atoms with Crippen molar-refractivity contribution in [3.8, 4) is 5.88 Å². The number of hydrogen-bond acceptors (Lipinski definition) is 10. The minimum absolute atomic E-state index is 0. The molecule has 2 unspecified atom stereocenters. The van der Waals surface area contributed by atoms with Crippen LogP contribution in [0, 0.1) is 18.7 Å². The van der Waals surface area contributed by atoms with E-state index in [-0.39, 0.29) is 41.9 Å². The van der Waals surface area contributed by atoms with Crippen LogP contribution in [0.15, 0.2) is 30.5 Å². The number of ether oxygens (including phenoxy) is 1. The molecule has 31 heavy (non-hydrogen) atoms. The van der Waals surface area contributed by atoms with Gasteiger partial charge in [0.2, 0.25) is 11.8 Å². The van der Waals surface area contributed by atoms with Crippen molar-refractivity contribution < 1.29 is 9.13 Å². The smallest absolute Gasteiger partial charge is 0.255 e. The molecule has 0 amide bonds. The van der Waals surface area contributed by atoms with Crippen LogP contribution in [0.5, 0.6) is 5.88 Å². The number of aromatic nitrogens is 6. The van der Waals surface area contributed by atoms with Gasteiger partial charge in [-0.25, -0.2) is 4.98 Å². The highest BCUT2D eigenvalue weighted by atomic mass is 32.1. The Hall–Kier alpha value is -3.31. The maximum absolute atomic E-state index is 14.8. The van der Waals surface area contributed by atoms with Crippen molar-refractivity contribution in [3.63, 3.8) is 0 Å². The number of nitrogens with two attached hydrogens (primary N) is 1. The summed E-state index contributed by atoms with van der Waals surface area (Å²) in [6.45, 7) is 2.18. The molecule has 0 bridgehead atoms. The normalized spacial score (nSPS) is 17.4. The second-order valence-corrected chi connectivity index (χ2v) is 8.50. The van der Waals surface area contributed by atoms with Crippen molar-refractivity contribution in [3.05, 3.63) is 57.7 Å². The minimum atomic E-state index is -0.607. The van der Waals surface area contributed by atoms with Crippen molar-refractivity contribution >= 4 is 28.3 Å². The maximum atomic E-state index is 14.8. The van der Waals surface area contributed by atoms with E-state index in [1.54, 1.807) is 6.20 Å². The van der Waals surface area contributed by atoms with Crippen molar-refractivity contribution in [2.45, 2.75) is 25.7 Å². The SMILES string of the molecule is Cc1nnc(Cc2nc(N)nc(OCC3CC3c3ccc4ncccc4n3)c2F)s1.N. The van der Waals surface area contributed by atoms with Crippen LogP contribution >= 0.6 is 11.3 Å². The van der Waals surface area contributed by atoms with Crippen molar-refractivity contribution in [1.29, 1.82) is 0 Å². The molecule has 9 nitrogen and oxygen atoms in total. The highest BCUT2D eigenvalue weighted by Gasteiger charge is 2.40. The van der Waals surface area contributed by atoms with Gasteiger partial charge in [-0.15, -0.1) is 21.5 Å². The van der Waals surface area contributed by atoms with Gasteiger partial charge in [0, 0.05) is 30.1 Å². The zero-order chi connectivity index (χ0) is 20.7. The highest BCUT2D eigenvalue weighted by Crippen LogP contribution is 2.47. The largest absolute Gasteiger partial charge is 0.475 e. The third kappa shape index (κ3) is 4.42. The number of halogens is 1. The summed E-state index contributed by atoms with van der Waals surface area (Å²) in [6.07, 6.45) is 2.87. The summed E-state index contributed by atoms with van der Waals surface area (Å²) >= 11 is 1.39. The molecule has 4 heterocycles. The van der Waals surface area contributed by atoms with E-state index in [0.29, 0.717) is 11.6 Å². The number of nitrogen functional groups attached to an aromatic ring is 1. The summed E-state index contributed by atoms with van der Waals surface area (Å²) in [5.41, 5.74) is 8.65. The molecule has 0 saturated heterocycles. The summed E-state index contributed by atoms with van der Waals surface area (Å²) in [6, 6.07) is 7.78.